The van der Waals surface area contributed by atoms with Crippen LogP contribution in [0.4, 0.5) is 0 Å². The summed E-state index contributed by atoms with van der Waals surface area (Å²) >= 11 is 0. The first-order valence-corrected chi connectivity index (χ1v) is 7.65. The average molecular weight is 312 g/mol. The first kappa shape index (κ1) is 18.0. The Bertz CT molecular complexity index is 450. The minimum atomic E-state index is -0.105. The van der Waals surface area contributed by atoms with Crippen LogP contribution in [-0.4, -0.2) is 30.0 Å². The molecule has 1 atom stereocenters. The summed E-state index contributed by atoms with van der Waals surface area (Å²) in [5.74, 6) is 0.625. The molecule has 4 heteroatoms. The Morgan fingerprint density at radius 3 is 2.29 bits per heavy atom. The highest BCUT2D eigenvalue weighted by atomic mass is 35.5. The first-order chi connectivity index (χ1) is 9.63. The summed E-state index contributed by atoms with van der Waals surface area (Å²) in [6.45, 7) is 8.06. The maximum atomic E-state index is 12.5. The molecule has 0 aromatic heterocycles. The van der Waals surface area contributed by atoms with Gasteiger partial charge in [-0.05, 0) is 57.3 Å². The van der Waals surface area contributed by atoms with Crippen LogP contribution in [0, 0.1) is 13.8 Å². The zero-order valence-corrected chi connectivity index (χ0v) is 14.0. The third-order valence-electron chi connectivity index (χ3n) is 4.10. The topological polar surface area (TPSA) is 29.5 Å². The number of hydrogen-bond acceptors (Lipinski definition) is 3. The van der Waals surface area contributed by atoms with Crippen molar-refractivity contribution < 1.29 is 9.53 Å². The van der Waals surface area contributed by atoms with Gasteiger partial charge in [0.05, 0.1) is 0 Å². The van der Waals surface area contributed by atoms with E-state index in [0.717, 1.165) is 36.4 Å². The highest BCUT2D eigenvalue weighted by molar-refractivity contribution is 5.85. The molecular weight excluding hydrogens is 286 g/mol. The molecule has 1 saturated heterocycles. The Hall–Kier alpha value is -1.06. The van der Waals surface area contributed by atoms with Crippen molar-refractivity contribution in [3.63, 3.8) is 0 Å². The summed E-state index contributed by atoms with van der Waals surface area (Å²) in [6.07, 6.45) is 4.46. The predicted molar refractivity (Wildman–Crippen MR) is 88.3 cm³/mol. The summed E-state index contributed by atoms with van der Waals surface area (Å²) in [5, 5.41) is 0. The van der Waals surface area contributed by atoms with Crippen LogP contribution in [0.5, 0.6) is 5.75 Å². The second kappa shape index (κ2) is 8.40. The molecule has 3 nitrogen and oxygen atoms in total. The van der Waals surface area contributed by atoms with E-state index in [2.05, 4.69) is 11.8 Å². The third-order valence-corrected chi connectivity index (χ3v) is 4.10. The lowest BCUT2D eigenvalue weighted by Crippen LogP contribution is -2.45. The van der Waals surface area contributed by atoms with Gasteiger partial charge in [-0.25, -0.2) is 4.79 Å². The lowest BCUT2D eigenvalue weighted by molar-refractivity contribution is -0.141. The largest absolute Gasteiger partial charge is 0.425 e. The number of rotatable bonds is 4. The molecule has 118 valence electrons. The molecule has 0 bridgehead atoms. The second-order valence-corrected chi connectivity index (χ2v) is 5.66. The maximum absolute atomic E-state index is 12.5. The molecule has 2 rings (SSSR count). The van der Waals surface area contributed by atoms with Gasteiger partial charge < -0.3 is 4.74 Å². The SMILES string of the molecule is CCC(C(=O)Oc1c(C)cccc1C)N1CCCCC1.Cl. The van der Waals surface area contributed by atoms with E-state index >= 15 is 0 Å². The summed E-state index contributed by atoms with van der Waals surface area (Å²) in [7, 11) is 0. The zero-order chi connectivity index (χ0) is 14.5. The number of hydrogen-bond donors (Lipinski definition) is 0. The molecule has 0 spiro atoms. The van der Waals surface area contributed by atoms with Crippen LogP contribution >= 0.6 is 12.4 Å². The van der Waals surface area contributed by atoms with Crippen LogP contribution in [0.3, 0.4) is 0 Å². The molecule has 0 aliphatic carbocycles. The fourth-order valence-corrected chi connectivity index (χ4v) is 2.93. The number of esters is 1. The number of benzene rings is 1. The molecule has 0 N–H and O–H groups in total. The van der Waals surface area contributed by atoms with Gasteiger partial charge >= 0.3 is 5.97 Å². The van der Waals surface area contributed by atoms with Gasteiger partial charge in [0.15, 0.2) is 0 Å². The van der Waals surface area contributed by atoms with Crippen molar-refractivity contribution in [2.45, 2.75) is 52.5 Å². The number of ether oxygens (including phenoxy) is 1. The Kier molecular flexibility index (Phi) is 7.20. The highest BCUT2D eigenvalue weighted by Crippen LogP contribution is 2.24. The molecule has 1 aliphatic rings. The van der Waals surface area contributed by atoms with Gasteiger partial charge in [0.2, 0.25) is 0 Å². The van der Waals surface area contributed by atoms with E-state index in [-0.39, 0.29) is 24.4 Å². The Labute approximate surface area is 134 Å². The Morgan fingerprint density at radius 2 is 1.76 bits per heavy atom. The molecule has 1 unspecified atom stereocenters. The van der Waals surface area contributed by atoms with E-state index in [1.807, 2.05) is 32.0 Å². The Balaban J connectivity index is 0.00000220. The number of nitrogens with zero attached hydrogens (tertiary/aromatic N) is 1. The summed E-state index contributed by atoms with van der Waals surface area (Å²) < 4.78 is 5.70. The maximum Gasteiger partial charge on any atom is 0.328 e. The number of carbonyl (C=O) groups excluding carboxylic acids is 1. The molecular formula is C17H26ClNO2. The van der Waals surface area contributed by atoms with Crippen molar-refractivity contribution in [2.24, 2.45) is 0 Å². The third kappa shape index (κ3) is 4.45. The number of carbonyl (C=O) groups is 1. The number of para-hydroxylation sites is 1. The predicted octanol–water partition coefficient (Wildman–Crippen LogP) is 3.90. The minimum Gasteiger partial charge on any atom is -0.425 e. The van der Waals surface area contributed by atoms with Crippen molar-refractivity contribution in [1.29, 1.82) is 0 Å². The van der Waals surface area contributed by atoms with Crippen molar-refractivity contribution in [3.8, 4) is 5.75 Å². The van der Waals surface area contributed by atoms with Crippen LogP contribution in [-0.2, 0) is 4.79 Å². The van der Waals surface area contributed by atoms with E-state index in [0.29, 0.717) is 0 Å². The van der Waals surface area contributed by atoms with Crippen molar-refractivity contribution in [2.75, 3.05) is 13.1 Å². The molecule has 1 aromatic carbocycles. The van der Waals surface area contributed by atoms with Gasteiger partial charge in [0.1, 0.15) is 11.8 Å². The Morgan fingerprint density at radius 1 is 1.19 bits per heavy atom. The highest BCUT2D eigenvalue weighted by Gasteiger charge is 2.27. The van der Waals surface area contributed by atoms with E-state index in [1.165, 1.54) is 19.3 Å². The van der Waals surface area contributed by atoms with Gasteiger partial charge in [0.25, 0.3) is 0 Å². The van der Waals surface area contributed by atoms with Crippen LogP contribution in [0.25, 0.3) is 0 Å². The number of aryl methyl sites for hydroxylation is 2. The van der Waals surface area contributed by atoms with Crippen LogP contribution in [0.2, 0.25) is 0 Å². The summed E-state index contributed by atoms with van der Waals surface area (Å²) in [4.78, 5) is 14.8. The van der Waals surface area contributed by atoms with Gasteiger partial charge in [-0.2, -0.15) is 0 Å². The minimum absolute atomic E-state index is 0. The van der Waals surface area contributed by atoms with E-state index in [4.69, 9.17) is 4.74 Å². The number of halogens is 1. The second-order valence-electron chi connectivity index (χ2n) is 5.66. The molecule has 21 heavy (non-hydrogen) atoms. The lowest BCUT2D eigenvalue weighted by Gasteiger charge is -2.32. The van der Waals surface area contributed by atoms with Gasteiger partial charge in [-0.3, -0.25) is 4.90 Å². The lowest BCUT2D eigenvalue weighted by atomic mass is 10.1. The van der Waals surface area contributed by atoms with Gasteiger partial charge in [-0.1, -0.05) is 31.5 Å². The van der Waals surface area contributed by atoms with Crippen LogP contribution in [0.1, 0.15) is 43.7 Å². The molecule has 1 aliphatic heterocycles. The van der Waals surface area contributed by atoms with E-state index < -0.39 is 0 Å². The van der Waals surface area contributed by atoms with Crippen molar-refractivity contribution >= 4 is 18.4 Å². The van der Waals surface area contributed by atoms with E-state index in [9.17, 15) is 4.79 Å². The van der Waals surface area contributed by atoms with Crippen molar-refractivity contribution in [3.05, 3.63) is 29.3 Å². The van der Waals surface area contributed by atoms with Crippen LogP contribution < -0.4 is 4.74 Å². The van der Waals surface area contributed by atoms with Gasteiger partial charge in [-0.15, -0.1) is 12.4 Å². The van der Waals surface area contributed by atoms with Crippen molar-refractivity contribution in [1.82, 2.24) is 4.90 Å². The van der Waals surface area contributed by atoms with E-state index in [1.54, 1.807) is 0 Å². The molecule has 1 fully saturated rings. The number of likely N-dealkylation sites (tertiary alicyclic amines) is 1. The first-order valence-electron chi connectivity index (χ1n) is 7.65. The molecule has 0 radical (unpaired) electrons. The van der Waals surface area contributed by atoms with Crippen LogP contribution in [0.15, 0.2) is 18.2 Å². The standard InChI is InChI=1S/C17H25NO2.ClH/c1-4-15(18-11-6-5-7-12-18)17(19)20-16-13(2)9-8-10-14(16)3;/h8-10,15H,4-7,11-12H2,1-3H3;1H. The fourth-order valence-electron chi connectivity index (χ4n) is 2.93. The normalized spacial score (nSPS) is 16.9. The molecule has 1 heterocycles. The summed E-state index contributed by atoms with van der Waals surface area (Å²) in [6, 6.07) is 5.85. The molecule has 1 aromatic rings. The molecule has 0 saturated carbocycles. The smallest absolute Gasteiger partial charge is 0.328 e. The number of piperidine rings is 1. The summed E-state index contributed by atoms with van der Waals surface area (Å²) in [5.41, 5.74) is 2.04. The monoisotopic (exact) mass is 311 g/mol. The fraction of sp³-hybridized carbons (Fsp3) is 0.588. The molecule has 0 amide bonds. The zero-order valence-electron chi connectivity index (χ0n) is 13.2. The average Bonchev–Trinajstić information content (AvgIpc) is 2.45. The quantitative estimate of drug-likeness (QED) is 0.624. The van der Waals surface area contributed by atoms with Gasteiger partial charge in [0, 0.05) is 0 Å².